The van der Waals surface area contributed by atoms with Crippen LogP contribution in [0.1, 0.15) is 23.3 Å². The molecule has 1 aromatic heterocycles. The number of halogens is 2. The Bertz CT molecular complexity index is 855. The third-order valence-electron chi connectivity index (χ3n) is 4.20. The highest BCUT2D eigenvalue weighted by atomic mass is 19.3. The van der Waals surface area contributed by atoms with Gasteiger partial charge in [0.15, 0.2) is 23.8 Å². The molecule has 0 aliphatic carbocycles. The Morgan fingerprint density at radius 2 is 2.19 bits per heavy atom. The van der Waals surface area contributed by atoms with E-state index in [2.05, 4.69) is 14.5 Å². The molecule has 26 heavy (non-hydrogen) atoms. The molecule has 1 fully saturated rings. The fourth-order valence-corrected chi connectivity index (χ4v) is 2.64. The van der Waals surface area contributed by atoms with E-state index in [1.165, 1.54) is 29.4 Å². The number of benzene rings is 1. The first kappa shape index (κ1) is 16.6. The summed E-state index contributed by atoms with van der Waals surface area (Å²) >= 11 is 0. The van der Waals surface area contributed by atoms with Crippen molar-refractivity contribution in [3.63, 3.8) is 0 Å². The summed E-state index contributed by atoms with van der Waals surface area (Å²) in [6, 6.07) is 3.72. The molecule has 0 saturated carbocycles. The molecular formula is C16H14F2N2O6. The van der Waals surface area contributed by atoms with Crippen molar-refractivity contribution in [2.24, 2.45) is 0 Å². The molecule has 3 heterocycles. The second-order valence-corrected chi connectivity index (χ2v) is 5.96. The average Bonchev–Trinajstić information content (AvgIpc) is 3.19. The lowest BCUT2D eigenvalue weighted by Crippen LogP contribution is -2.60. The van der Waals surface area contributed by atoms with Crippen LogP contribution in [-0.2, 0) is 6.61 Å². The molecule has 1 N–H and O–H groups in total. The van der Waals surface area contributed by atoms with Gasteiger partial charge in [0.05, 0.1) is 12.1 Å². The van der Waals surface area contributed by atoms with E-state index in [-0.39, 0.29) is 53.9 Å². The van der Waals surface area contributed by atoms with E-state index in [9.17, 15) is 18.7 Å². The highest BCUT2D eigenvalue weighted by molar-refractivity contribution is 5.92. The minimum absolute atomic E-state index is 0.0859. The van der Waals surface area contributed by atoms with E-state index < -0.39 is 12.4 Å². The maximum Gasteiger partial charge on any atom is 0.586 e. The summed E-state index contributed by atoms with van der Waals surface area (Å²) in [5, 5.41) is 9.47. The van der Waals surface area contributed by atoms with Gasteiger partial charge in [0.25, 0.3) is 5.91 Å². The van der Waals surface area contributed by atoms with Crippen LogP contribution >= 0.6 is 0 Å². The molecule has 10 heteroatoms. The predicted octanol–water partition coefficient (Wildman–Crippen LogP) is 1.78. The fraction of sp³-hybridized carbons (Fsp3) is 0.375. The molecule has 2 atom stereocenters. The predicted molar refractivity (Wildman–Crippen MR) is 80.0 cm³/mol. The molecule has 0 radical (unpaired) electrons. The number of aromatic nitrogens is 1. The van der Waals surface area contributed by atoms with E-state index in [1.54, 1.807) is 6.92 Å². The lowest BCUT2D eigenvalue weighted by molar-refractivity contribution is -0.286. The van der Waals surface area contributed by atoms with E-state index in [1.807, 2.05) is 0 Å². The highest BCUT2D eigenvalue weighted by Gasteiger charge is 2.43. The van der Waals surface area contributed by atoms with Crippen molar-refractivity contribution in [2.75, 3.05) is 6.54 Å². The molecule has 0 bridgehead atoms. The summed E-state index contributed by atoms with van der Waals surface area (Å²) < 4.78 is 45.2. The van der Waals surface area contributed by atoms with Gasteiger partial charge in [-0.05, 0) is 19.1 Å². The molecule has 1 amide bonds. The van der Waals surface area contributed by atoms with E-state index in [0.717, 1.165) is 0 Å². The number of rotatable bonds is 4. The molecule has 0 spiro atoms. The summed E-state index contributed by atoms with van der Waals surface area (Å²) in [6.07, 6.45) is -3.02. The smallest absolute Gasteiger partial charge is 0.484 e. The Labute approximate surface area is 145 Å². The van der Waals surface area contributed by atoms with Crippen LogP contribution in [0, 0.1) is 0 Å². The summed E-state index contributed by atoms with van der Waals surface area (Å²) in [6.45, 7) is 1.88. The number of carbonyl (C=O) groups excluding carboxylic acids is 1. The lowest BCUT2D eigenvalue weighted by atomic mass is 10.0. The Morgan fingerprint density at radius 1 is 1.42 bits per heavy atom. The minimum Gasteiger partial charge on any atom is -0.484 e. The number of fused-ring (bicyclic) bond motifs is 1. The number of hydrogen-bond acceptors (Lipinski definition) is 7. The van der Waals surface area contributed by atoms with Gasteiger partial charge in [-0.2, -0.15) is 0 Å². The van der Waals surface area contributed by atoms with Gasteiger partial charge in [0.1, 0.15) is 12.0 Å². The largest absolute Gasteiger partial charge is 0.586 e. The lowest BCUT2D eigenvalue weighted by Gasteiger charge is -2.42. The molecule has 0 unspecified atom stereocenters. The third kappa shape index (κ3) is 2.92. The van der Waals surface area contributed by atoms with Gasteiger partial charge in [-0.15, -0.1) is 8.78 Å². The zero-order valence-corrected chi connectivity index (χ0v) is 13.5. The van der Waals surface area contributed by atoms with Crippen molar-refractivity contribution in [1.82, 2.24) is 9.88 Å². The summed E-state index contributed by atoms with van der Waals surface area (Å²) in [7, 11) is 0. The topological polar surface area (TPSA) is 94.3 Å². The van der Waals surface area contributed by atoms with Gasteiger partial charge < -0.3 is 28.6 Å². The van der Waals surface area contributed by atoms with Gasteiger partial charge in [-0.1, -0.05) is 0 Å². The van der Waals surface area contributed by atoms with Crippen molar-refractivity contribution in [3.05, 3.63) is 36.0 Å². The van der Waals surface area contributed by atoms with Crippen molar-refractivity contribution in [1.29, 1.82) is 0 Å². The maximum absolute atomic E-state index is 13.0. The van der Waals surface area contributed by atoms with Crippen molar-refractivity contribution < 1.29 is 37.3 Å². The fourth-order valence-electron chi connectivity index (χ4n) is 2.64. The van der Waals surface area contributed by atoms with Gasteiger partial charge >= 0.3 is 6.29 Å². The molecule has 4 rings (SSSR count). The molecule has 1 aromatic carbocycles. The van der Waals surface area contributed by atoms with Crippen LogP contribution in [-0.4, -0.2) is 45.9 Å². The maximum atomic E-state index is 13.0. The molecule has 2 aromatic rings. The standard InChI is InChI=1S/C16H14F2N2O6/c1-8-11(21)5-20(8)15(22)10-6-24-14(19-10)7-23-9-2-3-12-13(4-9)26-16(17,18)25-12/h2-4,6,8,11,21H,5,7H2,1H3/t8-,11-/m0/s1. The monoisotopic (exact) mass is 368 g/mol. The SMILES string of the molecule is C[C@H]1[C@@H](O)CN1C(=O)c1coc(COc2ccc3c(c2)OC(F)(F)O3)n1. The van der Waals surface area contributed by atoms with Gasteiger partial charge in [-0.3, -0.25) is 4.79 Å². The van der Waals surface area contributed by atoms with Gasteiger partial charge in [-0.25, -0.2) is 4.98 Å². The van der Waals surface area contributed by atoms with Crippen LogP contribution in [0.5, 0.6) is 17.2 Å². The number of amides is 1. The molecule has 1 saturated heterocycles. The Kier molecular flexibility index (Phi) is 3.72. The van der Waals surface area contributed by atoms with Gasteiger partial charge in [0, 0.05) is 12.6 Å². The quantitative estimate of drug-likeness (QED) is 0.879. The van der Waals surface area contributed by atoms with E-state index in [4.69, 9.17) is 9.15 Å². The highest BCUT2D eigenvalue weighted by Crippen LogP contribution is 2.42. The van der Waals surface area contributed by atoms with Gasteiger partial charge in [0.2, 0.25) is 5.89 Å². The zero-order chi connectivity index (χ0) is 18.5. The first-order valence-corrected chi connectivity index (χ1v) is 7.78. The molecule has 2 aliphatic heterocycles. The number of alkyl halides is 2. The number of likely N-dealkylation sites (tertiary alicyclic amines) is 1. The summed E-state index contributed by atoms with van der Waals surface area (Å²) in [5.74, 6) is -0.179. The third-order valence-corrected chi connectivity index (χ3v) is 4.20. The Hall–Kier alpha value is -2.88. The number of aliphatic hydroxyl groups excluding tert-OH is 1. The number of aliphatic hydroxyl groups is 1. The number of β-amino-alcohol motifs (C(OH)–C–C–N with tert-alkyl or cyclic N) is 1. The Balaban J connectivity index is 1.38. The number of ether oxygens (including phenoxy) is 3. The normalized spacial score (nSPS) is 22.8. The number of nitrogens with zero attached hydrogens (tertiary/aromatic N) is 2. The van der Waals surface area contributed by atoms with Crippen LogP contribution in [0.15, 0.2) is 28.9 Å². The van der Waals surface area contributed by atoms with Crippen molar-refractivity contribution in [2.45, 2.75) is 32.0 Å². The second kappa shape index (κ2) is 5.84. The summed E-state index contributed by atoms with van der Waals surface area (Å²) in [4.78, 5) is 17.7. The van der Waals surface area contributed by atoms with Crippen molar-refractivity contribution in [3.8, 4) is 17.2 Å². The van der Waals surface area contributed by atoms with Crippen molar-refractivity contribution >= 4 is 5.91 Å². The van der Waals surface area contributed by atoms with E-state index >= 15 is 0 Å². The van der Waals surface area contributed by atoms with Crippen LogP contribution in [0.25, 0.3) is 0 Å². The number of oxazole rings is 1. The minimum atomic E-state index is -3.69. The molecule has 2 aliphatic rings. The molecule has 138 valence electrons. The van der Waals surface area contributed by atoms with E-state index in [0.29, 0.717) is 0 Å². The zero-order valence-electron chi connectivity index (χ0n) is 13.5. The van der Waals surface area contributed by atoms with Crippen LogP contribution in [0.3, 0.4) is 0 Å². The number of carbonyl (C=O) groups is 1. The second-order valence-electron chi connectivity index (χ2n) is 5.96. The first-order valence-electron chi connectivity index (χ1n) is 7.78. The summed E-state index contributed by atoms with van der Waals surface area (Å²) in [5.41, 5.74) is 0.104. The number of hydrogen-bond donors (Lipinski definition) is 1. The molecule has 8 nitrogen and oxygen atoms in total. The van der Waals surface area contributed by atoms with Crippen LogP contribution in [0.2, 0.25) is 0 Å². The average molecular weight is 368 g/mol. The molecular weight excluding hydrogens is 354 g/mol. The van der Waals surface area contributed by atoms with Crippen LogP contribution < -0.4 is 14.2 Å². The Morgan fingerprint density at radius 3 is 2.92 bits per heavy atom. The first-order chi connectivity index (χ1) is 12.3. The van der Waals surface area contributed by atoms with Crippen LogP contribution in [0.4, 0.5) is 8.78 Å².